The average Bonchev–Trinajstić information content (AvgIpc) is 2.49. The standard InChI is InChI=1S/C15H21BrFNO2/c1-3-15(2,18-7-9-20-10-8-18)14(19)11-5-4-6-12(16)13(11)17/h4-6,14,19H,3,7-10H2,1-2H3. The van der Waals surface area contributed by atoms with Crippen molar-refractivity contribution >= 4 is 15.9 Å². The summed E-state index contributed by atoms with van der Waals surface area (Å²) >= 11 is 3.18. The molecule has 1 aliphatic heterocycles. The van der Waals surface area contributed by atoms with Crippen molar-refractivity contribution in [3.8, 4) is 0 Å². The Morgan fingerprint density at radius 2 is 2.10 bits per heavy atom. The molecule has 0 bridgehead atoms. The van der Waals surface area contributed by atoms with Gasteiger partial charge < -0.3 is 9.84 Å². The first-order chi connectivity index (χ1) is 9.50. The maximum Gasteiger partial charge on any atom is 0.143 e. The van der Waals surface area contributed by atoms with Crippen LogP contribution in [0.15, 0.2) is 22.7 Å². The molecular weight excluding hydrogens is 325 g/mol. The number of hydrogen-bond acceptors (Lipinski definition) is 3. The van der Waals surface area contributed by atoms with E-state index in [0.29, 0.717) is 23.2 Å². The number of halogens is 2. The van der Waals surface area contributed by atoms with Gasteiger partial charge in [-0.25, -0.2) is 4.39 Å². The van der Waals surface area contributed by atoms with Crippen LogP contribution in [0.5, 0.6) is 0 Å². The first-order valence-electron chi connectivity index (χ1n) is 6.95. The summed E-state index contributed by atoms with van der Waals surface area (Å²) in [6, 6.07) is 5.05. The average molecular weight is 346 g/mol. The van der Waals surface area contributed by atoms with E-state index < -0.39 is 11.6 Å². The molecule has 5 heteroatoms. The number of ether oxygens (including phenoxy) is 1. The summed E-state index contributed by atoms with van der Waals surface area (Å²) < 4.78 is 20.0. The first-order valence-corrected chi connectivity index (χ1v) is 7.74. The summed E-state index contributed by atoms with van der Waals surface area (Å²) in [6.07, 6.45) is -0.136. The van der Waals surface area contributed by atoms with Crippen molar-refractivity contribution in [2.24, 2.45) is 0 Å². The first kappa shape index (κ1) is 15.9. The summed E-state index contributed by atoms with van der Waals surface area (Å²) in [4.78, 5) is 2.20. The van der Waals surface area contributed by atoms with Crippen LogP contribution in [0, 0.1) is 5.82 Å². The summed E-state index contributed by atoms with van der Waals surface area (Å²) in [6.45, 7) is 6.85. The molecule has 0 aliphatic carbocycles. The van der Waals surface area contributed by atoms with E-state index in [2.05, 4.69) is 20.8 Å². The molecule has 0 amide bonds. The Morgan fingerprint density at radius 3 is 2.70 bits per heavy atom. The van der Waals surface area contributed by atoms with Crippen molar-refractivity contribution in [3.63, 3.8) is 0 Å². The van der Waals surface area contributed by atoms with Gasteiger partial charge in [0.15, 0.2) is 0 Å². The van der Waals surface area contributed by atoms with E-state index in [-0.39, 0.29) is 5.82 Å². The lowest BCUT2D eigenvalue weighted by molar-refractivity contribution is -0.0743. The van der Waals surface area contributed by atoms with Crippen LogP contribution in [0.2, 0.25) is 0 Å². The van der Waals surface area contributed by atoms with Crippen LogP contribution < -0.4 is 0 Å². The fourth-order valence-corrected chi connectivity index (χ4v) is 3.11. The molecule has 1 N–H and O–H groups in total. The lowest BCUT2D eigenvalue weighted by Gasteiger charge is -2.46. The van der Waals surface area contributed by atoms with E-state index in [1.54, 1.807) is 18.2 Å². The quantitative estimate of drug-likeness (QED) is 0.909. The number of aliphatic hydroxyl groups excluding tert-OH is 1. The van der Waals surface area contributed by atoms with Crippen molar-refractivity contribution in [1.82, 2.24) is 4.90 Å². The van der Waals surface area contributed by atoms with Gasteiger partial charge in [0.05, 0.1) is 23.8 Å². The van der Waals surface area contributed by atoms with Crippen LogP contribution >= 0.6 is 15.9 Å². The summed E-state index contributed by atoms with van der Waals surface area (Å²) in [5.74, 6) is -0.382. The summed E-state index contributed by atoms with van der Waals surface area (Å²) in [5.41, 5.74) is -0.152. The minimum atomic E-state index is -0.872. The Labute approximate surface area is 127 Å². The van der Waals surface area contributed by atoms with Crippen molar-refractivity contribution in [1.29, 1.82) is 0 Å². The maximum absolute atomic E-state index is 14.2. The third-order valence-corrected chi connectivity index (χ3v) is 4.93. The predicted octanol–water partition coefficient (Wildman–Crippen LogP) is 3.12. The van der Waals surface area contributed by atoms with Crippen molar-refractivity contribution in [2.75, 3.05) is 26.3 Å². The van der Waals surface area contributed by atoms with Crippen LogP contribution in [-0.4, -0.2) is 41.8 Å². The van der Waals surface area contributed by atoms with Gasteiger partial charge in [-0.2, -0.15) is 0 Å². The molecule has 1 fully saturated rings. The Morgan fingerprint density at radius 1 is 1.45 bits per heavy atom. The molecule has 0 aromatic heterocycles. The second kappa shape index (κ2) is 6.52. The zero-order valence-corrected chi connectivity index (χ0v) is 13.5. The van der Waals surface area contributed by atoms with Crippen molar-refractivity contribution in [2.45, 2.75) is 31.9 Å². The highest BCUT2D eigenvalue weighted by Crippen LogP contribution is 2.37. The third kappa shape index (κ3) is 2.91. The highest BCUT2D eigenvalue weighted by molar-refractivity contribution is 9.10. The Balaban J connectivity index is 2.32. The molecule has 1 heterocycles. The SMILES string of the molecule is CCC(C)(C(O)c1cccc(Br)c1F)N1CCOCC1. The lowest BCUT2D eigenvalue weighted by Crippen LogP contribution is -2.54. The van der Waals surface area contributed by atoms with Gasteiger partial charge >= 0.3 is 0 Å². The van der Waals surface area contributed by atoms with Crippen molar-refractivity contribution in [3.05, 3.63) is 34.1 Å². The zero-order valence-electron chi connectivity index (χ0n) is 11.9. The van der Waals surface area contributed by atoms with E-state index in [1.165, 1.54) is 0 Å². The van der Waals surface area contributed by atoms with Crippen LogP contribution in [-0.2, 0) is 4.74 Å². The van der Waals surface area contributed by atoms with Gasteiger partial charge in [-0.3, -0.25) is 4.90 Å². The largest absolute Gasteiger partial charge is 0.386 e. The molecular formula is C15H21BrFNO2. The number of morpholine rings is 1. The Hall–Kier alpha value is -0.490. The van der Waals surface area contributed by atoms with Gasteiger partial charge in [0, 0.05) is 24.2 Å². The molecule has 1 aromatic rings. The number of nitrogens with zero attached hydrogens (tertiary/aromatic N) is 1. The number of hydrogen-bond donors (Lipinski definition) is 1. The van der Waals surface area contributed by atoms with E-state index >= 15 is 0 Å². The Bertz CT molecular complexity index is 465. The zero-order chi connectivity index (χ0) is 14.8. The van der Waals surface area contributed by atoms with Crippen LogP contribution in [0.4, 0.5) is 4.39 Å². The second-order valence-corrected chi connectivity index (χ2v) is 6.21. The lowest BCUT2D eigenvalue weighted by atomic mass is 9.84. The number of rotatable bonds is 4. The smallest absolute Gasteiger partial charge is 0.143 e. The molecule has 3 nitrogen and oxygen atoms in total. The van der Waals surface area contributed by atoms with Crippen LogP contribution in [0.25, 0.3) is 0 Å². The van der Waals surface area contributed by atoms with Gasteiger partial charge in [0.1, 0.15) is 5.82 Å². The van der Waals surface area contributed by atoms with E-state index in [1.807, 2.05) is 13.8 Å². The van der Waals surface area contributed by atoms with Crippen LogP contribution in [0.1, 0.15) is 31.9 Å². The van der Waals surface area contributed by atoms with Gasteiger partial charge in [-0.1, -0.05) is 19.1 Å². The highest BCUT2D eigenvalue weighted by Gasteiger charge is 2.40. The monoisotopic (exact) mass is 345 g/mol. The maximum atomic E-state index is 14.2. The molecule has 1 aliphatic rings. The Kier molecular flexibility index (Phi) is 5.18. The normalized spacial score (nSPS) is 21.4. The van der Waals surface area contributed by atoms with Crippen molar-refractivity contribution < 1.29 is 14.2 Å². The minimum absolute atomic E-state index is 0.343. The molecule has 20 heavy (non-hydrogen) atoms. The molecule has 1 aromatic carbocycles. The fraction of sp³-hybridized carbons (Fsp3) is 0.600. The molecule has 0 radical (unpaired) electrons. The van der Waals surface area contributed by atoms with E-state index in [9.17, 15) is 9.50 Å². The molecule has 0 saturated carbocycles. The van der Waals surface area contributed by atoms with Gasteiger partial charge in [-0.05, 0) is 35.3 Å². The summed E-state index contributed by atoms with van der Waals surface area (Å²) in [5, 5.41) is 10.8. The molecule has 2 atom stereocenters. The van der Waals surface area contributed by atoms with Crippen LogP contribution in [0.3, 0.4) is 0 Å². The molecule has 1 saturated heterocycles. The second-order valence-electron chi connectivity index (χ2n) is 5.36. The minimum Gasteiger partial charge on any atom is -0.386 e. The highest BCUT2D eigenvalue weighted by atomic mass is 79.9. The molecule has 2 rings (SSSR count). The predicted molar refractivity (Wildman–Crippen MR) is 80.1 cm³/mol. The topological polar surface area (TPSA) is 32.7 Å². The van der Waals surface area contributed by atoms with Gasteiger partial charge in [0.2, 0.25) is 0 Å². The third-order valence-electron chi connectivity index (χ3n) is 4.31. The van der Waals surface area contributed by atoms with E-state index in [0.717, 1.165) is 19.5 Å². The van der Waals surface area contributed by atoms with Gasteiger partial charge in [-0.15, -0.1) is 0 Å². The molecule has 0 spiro atoms. The fourth-order valence-electron chi connectivity index (χ4n) is 2.73. The number of benzene rings is 1. The number of aliphatic hydroxyl groups is 1. The molecule has 112 valence electrons. The molecule has 2 unspecified atom stereocenters. The van der Waals surface area contributed by atoms with E-state index in [4.69, 9.17) is 4.74 Å². The van der Waals surface area contributed by atoms with Gasteiger partial charge in [0.25, 0.3) is 0 Å². The summed E-state index contributed by atoms with van der Waals surface area (Å²) in [7, 11) is 0.